The van der Waals surface area contributed by atoms with Crippen molar-refractivity contribution in [2.45, 2.75) is 24.5 Å². The lowest BCUT2D eigenvalue weighted by molar-refractivity contribution is -0.384. The first kappa shape index (κ1) is 30.1. The van der Waals surface area contributed by atoms with Crippen LogP contribution in [0.2, 0.25) is 0 Å². The third-order valence-electron chi connectivity index (χ3n) is 8.96. The smallest absolute Gasteiger partial charge is 0.332 e. The van der Waals surface area contributed by atoms with Crippen LogP contribution < -0.4 is 16.6 Å². The first-order chi connectivity index (χ1) is 21.9. The quantitative estimate of drug-likeness (QED) is 0.153. The molecule has 6 rings (SSSR count). The molecular formula is C30H26N8O8. The fourth-order valence-corrected chi connectivity index (χ4v) is 6.69. The minimum absolute atomic E-state index is 0.0732. The summed E-state index contributed by atoms with van der Waals surface area (Å²) in [7, 11) is 2.78. The van der Waals surface area contributed by atoms with Crippen LogP contribution in [0.1, 0.15) is 22.7 Å². The number of nitriles is 1. The summed E-state index contributed by atoms with van der Waals surface area (Å²) in [6, 6.07) is 12.7. The minimum Gasteiger partial charge on any atom is -0.480 e. The van der Waals surface area contributed by atoms with Crippen LogP contribution >= 0.6 is 0 Å². The van der Waals surface area contributed by atoms with Gasteiger partial charge in [-0.25, -0.2) is 9.78 Å². The van der Waals surface area contributed by atoms with Crippen LogP contribution in [0.3, 0.4) is 0 Å². The number of imidazole rings is 1. The van der Waals surface area contributed by atoms with Crippen LogP contribution in [0.15, 0.2) is 64.4 Å². The molecule has 16 heteroatoms. The van der Waals surface area contributed by atoms with E-state index in [0.29, 0.717) is 11.1 Å². The summed E-state index contributed by atoms with van der Waals surface area (Å²) < 4.78 is 3.54. The van der Waals surface area contributed by atoms with Crippen molar-refractivity contribution in [1.82, 2.24) is 28.9 Å². The molecule has 4 aromatic rings. The fourth-order valence-electron chi connectivity index (χ4n) is 6.69. The highest BCUT2D eigenvalue weighted by Crippen LogP contribution is 2.50. The van der Waals surface area contributed by atoms with Gasteiger partial charge in [0, 0.05) is 51.8 Å². The number of rotatable bonds is 8. The summed E-state index contributed by atoms with van der Waals surface area (Å²) in [5.41, 5.74) is -2.29. The molecule has 0 spiro atoms. The van der Waals surface area contributed by atoms with Gasteiger partial charge < -0.3 is 9.67 Å². The zero-order chi connectivity index (χ0) is 33.1. The number of benzene rings is 2. The molecule has 2 aliphatic rings. The van der Waals surface area contributed by atoms with Crippen LogP contribution in [0, 0.1) is 33.3 Å². The summed E-state index contributed by atoms with van der Waals surface area (Å²) in [6.07, 6.45) is 1.02. The molecule has 0 aliphatic carbocycles. The van der Waals surface area contributed by atoms with Crippen LogP contribution in [0.25, 0.3) is 11.2 Å². The lowest BCUT2D eigenvalue weighted by Crippen LogP contribution is -2.57. The van der Waals surface area contributed by atoms with E-state index in [1.54, 1.807) is 18.2 Å². The number of aliphatic carboxylic acids is 1. The number of likely N-dealkylation sites (tertiary alicyclic amines) is 1. The van der Waals surface area contributed by atoms with Gasteiger partial charge in [-0.3, -0.25) is 48.6 Å². The van der Waals surface area contributed by atoms with Crippen molar-refractivity contribution >= 4 is 34.6 Å². The number of hydrogen-bond acceptors (Lipinski definition) is 10. The second kappa shape index (κ2) is 10.9. The molecule has 0 saturated carbocycles. The van der Waals surface area contributed by atoms with Gasteiger partial charge in [0.2, 0.25) is 11.8 Å². The molecule has 2 saturated heterocycles. The normalized spacial score (nSPS) is 22.3. The summed E-state index contributed by atoms with van der Waals surface area (Å²) in [5.74, 6) is -5.43. The van der Waals surface area contributed by atoms with Crippen molar-refractivity contribution in [2.75, 3.05) is 6.54 Å². The average Bonchev–Trinajstić information content (AvgIpc) is 3.70. The maximum absolute atomic E-state index is 14.1. The van der Waals surface area contributed by atoms with Gasteiger partial charge >= 0.3 is 11.7 Å². The van der Waals surface area contributed by atoms with Gasteiger partial charge in [0.25, 0.3) is 11.2 Å². The number of hydrogen-bond donors (Lipinski definition) is 2. The van der Waals surface area contributed by atoms with Gasteiger partial charge in [0.15, 0.2) is 11.2 Å². The molecule has 46 heavy (non-hydrogen) atoms. The second-order valence-corrected chi connectivity index (χ2v) is 11.3. The number of aryl methyl sites for hydroxylation is 1. The number of nitro benzene ring substituents is 1. The monoisotopic (exact) mass is 626 g/mol. The molecule has 2 N–H and O–H groups in total. The maximum atomic E-state index is 14.1. The van der Waals surface area contributed by atoms with E-state index in [9.17, 15) is 44.5 Å². The van der Waals surface area contributed by atoms with Gasteiger partial charge in [0.05, 0.1) is 34.7 Å². The number of non-ortho nitro benzene ring substituents is 1. The Hall–Kier alpha value is -5.95. The van der Waals surface area contributed by atoms with E-state index in [4.69, 9.17) is 0 Å². The maximum Gasteiger partial charge on any atom is 0.332 e. The summed E-state index contributed by atoms with van der Waals surface area (Å²) in [6.45, 7) is -0.307. The van der Waals surface area contributed by atoms with Crippen LogP contribution in [0.5, 0.6) is 0 Å². The lowest BCUT2D eigenvalue weighted by Gasteiger charge is -2.31. The number of carboxylic acid groups (broad SMARTS) is 1. The fraction of sp³-hybridized carbons (Fsp3) is 0.300. The predicted octanol–water partition coefficient (Wildman–Crippen LogP) is 0.225. The molecule has 2 amide bonds. The Kier molecular flexibility index (Phi) is 7.12. The number of aromatic nitrogens is 4. The highest BCUT2D eigenvalue weighted by atomic mass is 16.6. The average molecular weight is 627 g/mol. The molecule has 4 unspecified atom stereocenters. The number of nitro groups is 1. The summed E-state index contributed by atoms with van der Waals surface area (Å²) in [4.78, 5) is 82.4. The molecule has 234 valence electrons. The van der Waals surface area contributed by atoms with Gasteiger partial charge in [-0.05, 0) is 17.2 Å². The van der Waals surface area contributed by atoms with Gasteiger partial charge in [-0.1, -0.05) is 30.3 Å². The number of nitrogens with zero attached hydrogens (tertiary/aromatic N) is 7. The van der Waals surface area contributed by atoms with Crippen molar-refractivity contribution in [3.8, 4) is 6.07 Å². The Morgan fingerprint density at radius 3 is 2.41 bits per heavy atom. The van der Waals surface area contributed by atoms with Gasteiger partial charge in [-0.2, -0.15) is 5.26 Å². The molecule has 2 fully saturated rings. The summed E-state index contributed by atoms with van der Waals surface area (Å²) in [5, 5.41) is 34.7. The molecule has 2 aliphatic heterocycles. The van der Waals surface area contributed by atoms with E-state index in [0.717, 1.165) is 9.47 Å². The van der Waals surface area contributed by atoms with E-state index >= 15 is 0 Å². The van der Waals surface area contributed by atoms with Gasteiger partial charge in [-0.15, -0.1) is 0 Å². The molecule has 2 aromatic carbocycles. The number of carboxylic acids is 1. The van der Waals surface area contributed by atoms with Crippen molar-refractivity contribution in [1.29, 1.82) is 5.26 Å². The zero-order valence-corrected chi connectivity index (χ0v) is 24.5. The Bertz CT molecular complexity index is 2130. The van der Waals surface area contributed by atoms with Crippen molar-refractivity contribution < 1.29 is 24.4 Å². The predicted molar refractivity (Wildman–Crippen MR) is 158 cm³/mol. The van der Waals surface area contributed by atoms with Crippen molar-refractivity contribution in [3.05, 3.63) is 103 Å². The van der Waals surface area contributed by atoms with Gasteiger partial charge in [0.1, 0.15) is 5.54 Å². The molecule has 2 aromatic heterocycles. The molecule has 0 bridgehead atoms. The minimum atomic E-state index is -2.02. The lowest BCUT2D eigenvalue weighted by atomic mass is 9.76. The highest BCUT2D eigenvalue weighted by Gasteiger charge is 2.68. The zero-order valence-electron chi connectivity index (χ0n) is 24.5. The van der Waals surface area contributed by atoms with E-state index in [1.807, 2.05) is 0 Å². The highest BCUT2D eigenvalue weighted by molar-refractivity contribution is 6.09. The number of fused-ring (bicyclic) bond motifs is 2. The molecule has 0 radical (unpaired) electrons. The first-order valence-electron chi connectivity index (χ1n) is 14.1. The number of carbonyl (C=O) groups is 3. The number of carbonyl (C=O) groups excluding carboxylic acids is 2. The number of nitrogens with one attached hydrogen (secondary N) is 1. The molecule has 4 atom stereocenters. The van der Waals surface area contributed by atoms with Crippen LogP contribution in [-0.2, 0) is 41.4 Å². The summed E-state index contributed by atoms with van der Waals surface area (Å²) >= 11 is 0. The third-order valence-corrected chi connectivity index (χ3v) is 8.96. The standard InChI is InChI=1S/C30H26N8O8/c1-34-24-23(27(41)35(2)29(34)44)36(15-32-24)11-12-37-25(39)20-21(26(37)40)30(28(42)43,13-16-7-9-18(10-8-16)38(45)46)33-22(20)19-6-4-3-5-17(19)14-31/h3-10,15,20-22,33H,11-13H2,1-2H3,(H,42,43). The Labute approximate surface area is 258 Å². The Balaban J connectivity index is 1.41. The van der Waals surface area contributed by atoms with E-state index < -0.39 is 57.4 Å². The van der Waals surface area contributed by atoms with Crippen molar-refractivity contribution in [2.24, 2.45) is 25.9 Å². The molecular weight excluding hydrogens is 600 g/mol. The van der Waals surface area contributed by atoms with Crippen molar-refractivity contribution in [3.63, 3.8) is 0 Å². The largest absolute Gasteiger partial charge is 0.480 e. The van der Waals surface area contributed by atoms with Crippen LogP contribution in [0.4, 0.5) is 5.69 Å². The van der Waals surface area contributed by atoms with E-state index in [-0.39, 0.29) is 41.9 Å². The number of amides is 2. The van der Waals surface area contributed by atoms with Crippen LogP contribution in [-0.4, -0.2) is 63.5 Å². The SMILES string of the molecule is Cn1c(=O)c2c(ncn2CCN2C(=O)C3C(c4ccccc4C#N)NC(Cc4ccc([N+](=O)[O-])cc4)(C(=O)O)C3C2=O)n(C)c1=O. The molecule has 4 heterocycles. The first-order valence-corrected chi connectivity index (χ1v) is 14.1. The Morgan fingerprint density at radius 2 is 1.76 bits per heavy atom. The second-order valence-electron chi connectivity index (χ2n) is 11.3. The molecule has 16 nitrogen and oxygen atoms in total. The topological polar surface area (TPSA) is 215 Å². The number of imide groups is 1. The van der Waals surface area contributed by atoms with E-state index in [2.05, 4.69) is 16.4 Å². The third kappa shape index (κ3) is 4.39. The Morgan fingerprint density at radius 1 is 1.07 bits per heavy atom. The van der Waals surface area contributed by atoms with E-state index in [1.165, 1.54) is 59.9 Å².